The Morgan fingerprint density at radius 1 is 1.20 bits per heavy atom. The predicted octanol–water partition coefficient (Wildman–Crippen LogP) is 3.83. The zero-order valence-corrected chi connectivity index (χ0v) is 12.4. The minimum atomic E-state index is -0.303. The Bertz CT molecular complexity index is 487. The van der Waals surface area contributed by atoms with Crippen molar-refractivity contribution in [3.05, 3.63) is 39.9 Å². The Kier molecular flexibility index (Phi) is 4.14. The first-order chi connectivity index (χ1) is 9.31. The molecule has 0 amide bonds. The lowest BCUT2D eigenvalue weighted by atomic mass is 9.68. The molecule has 110 valence electrons. The van der Waals surface area contributed by atoms with Crippen LogP contribution in [-0.2, 0) is 6.42 Å². The van der Waals surface area contributed by atoms with Gasteiger partial charge in [-0.05, 0) is 43.9 Å². The summed E-state index contributed by atoms with van der Waals surface area (Å²) in [5.74, 6) is 0. The van der Waals surface area contributed by atoms with Crippen molar-refractivity contribution in [2.45, 2.75) is 57.9 Å². The van der Waals surface area contributed by atoms with Crippen LogP contribution in [0.5, 0.6) is 0 Å². The van der Waals surface area contributed by atoms with Gasteiger partial charge in [-0.1, -0.05) is 32.0 Å². The van der Waals surface area contributed by atoms with Crippen molar-refractivity contribution in [1.29, 1.82) is 0 Å². The molecule has 0 atom stereocenters. The van der Waals surface area contributed by atoms with Crippen molar-refractivity contribution in [3.63, 3.8) is 0 Å². The molecule has 2 rings (SSSR count). The molecule has 0 bridgehead atoms. The van der Waals surface area contributed by atoms with E-state index in [-0.39, 0.29) is 16.1 Å². The highest BCUT2D eigenvalue weighted by Crippen LogP contribution is 2.41. The Morgan fingerprint density at radius 3 is 2.40 bits per heavy atom. The van der Waals surface area contributed by atoms with Crippen molar-refractivity contribution in [2.24, 2.45) is 11.1 Å². The summed E-state index contributed by atoms with van der Waals surface area (Å²) < 4.78 is 0. The molecule has 0 aliphatic heterocycles. The van der Waals surface area contributed by atoms with Gasteiger partial charge >= 0.3 is 0 Å². The highest BCUT2D eigenvalue weighted by molar-refractivity contribution is 5.39. The summed E-state index contributed by atoms with van der Waals surface area (Å²) in [7, 11) is 0. The van der Waals surface area contributed by atoms with Crippen molar-refractivity contribution in [1.82, 2.24) is 0 Å². The smallest absolute Gasteiger partial charge is 0.272 e. The maximum Gasteiger partial charge on any atom is 0.272 e. The van der Waals surface area contributed by atoms with Crippen LogP contribution in [0.3, 0.4) is 0 Å². The summed E-state index contributed by atoms with van der Waals surface area (Å²) in [4.78, 5) is 10.7. The Morgan fingerprint density at radius 2 is 1.80 bits per heavy atom. The van der Waals surface area contributed by atoms with E-state index in [0.29, 0.717) is 11.8 Å². The molecule has 1 aliphatic carbocycles. The first-order valence-electron chi connectivity index (χ1n) is 7.33. The van der Waals surface area contributed by atoms with Gasteiger partial charge in [0.1, 0.15) is 0 Å². The summed E-state index contributed by atoms with van der Waals surface area (Å²) >= 11 is 0. The summed E-state index contributed by atoms with van der Waals surface area (Å²) in [6, 6.07) is 6.98. The maximum atomic E-state index is 11.0. The lowest BCUT2D eigenvalue weighted by Gasteiger charge is -2.41. The minimum absolute atomic E-state index is 0.154. The third kappa shape index (κ3) is 3.57. The van der Waals surface area contributed by atoms with Gasteiger partial charge in [0, 0.05) is 17.2 Å². The number of nitro benzene ring substituents is 1. The quantitative estimate of drug-likeness (QED) is 0.671. The van der Waals surface area contributed by atoms with Gasteiger partial charge in [-0.3, -0.25) is 10.1 Å². The van der Waals surface area contributed by atoms with Crippen molar-refractivity contribution < 1.29 is 4.92 Å². The highest BCUT2D eigenvalue weighted by atomic mass is 16.6. The number of nitro groups is 1. The number of nitrogens with two attached hydrogens (primary N) is 1. The van der Waals surface area contributed by atoms with Gasteiger partial charge in [-0.15, -0.1) is 0 Å². The number of benzene rings is 1. The third-order valence-electron chi connectivity index (χ3n) is 4.68. The number of para-hydroxylation sites is 1. The fourth-order valence-corrected chi connectivity index (χ4v) is 2.96. The molecule has 1 aromatic carbocycles. The average Bonchev–Trinajstić information content (AvgIpc) is 2.41. The standard InChI is InChI=1S/C16H24N2O2/c1-15(2)9-11-16(17,12-10-15)8-7-13-5-3-4-6-14(13)18(19)20/h3-6H,7-12,17H2,1-2H3. The summed E-state index contributed by atoms with van der Waals surface area (Å²) in [6.45, 7) is 4.57. The predicted molar refractivity (Wildman–Crippen MR) is 80.6 cm³/mol. The van der Waals surface area contributed by atoms with E-state index in [1.54, 1.807) is 12.1 Å². The molecule has 1 saturated carbocycles. The van der Waals surface area contributed by atoms with E-state index in [2.05, 4.69) is 13.8 Å². The molecule has 0 saturated heterocycles. The molecule has 20 heavy (non-hydrogen) atoms. The zero-order valence-electron chi connectivity index (χ0n) is 12.4. The number of hydrogen-bond acceptors (Lipinski definition) is 3. The Balaban J connectivity index is 2.01. The molecule has 1 fully saturated rings. The van der Waals surface area contributed by atoms with Crippen LogP contribution in [0.1, 0.15) is 51.5 Å². The zero-order chi connectivity index (χ0) is 14.8. The largest absolute Gasteiger partial charge is 0.325 e. The minimum Gasteiger partial charge on any atom is -0.325 e. The normalized spacial score (nSPS) is 20.6. The monoisotopic (exact) mass is 276 g/mol. The second-order valence-electron chi connectivity index (χ2n) is 6.91. The van der Waals surface area contributed by atoms with Crippen LogP contribution in [0.25, 0.3) is 0 Å². The average molecular weight is 276 g/mol. The molecule has 0 unspecified atom stereocenters. The number of nitrogens with zero attached hydrogens (tertiary/aromatic N) is 1. The van der Waals surface area contributed by atoms with Crippen molar-refractivity contribution in [3.8, 4) is 0 Å². The number of aryl methyl sites for hydroxylation is 1. The molecule has 0 aromatic heterocycles. The first kappa shape index (κ1) is 15.0. The maximum absolute atomic E-state index is 11.0. The van der Waals surface area contributed by atoms with Gasteiger partial charge < -0.3 is 5.73 Å². The molecular weight excluding hydrogens is 252 g/mol. The molecule has 0 heterocycles. The number of hydrogen-bond donors (Lipinski definition) is 1. The molecule has 2 N–H and O–H groups in total. The fourth-order valence-electron chi connectivity index (χ4n) is 2.96. The Labute approximate surface area is 120 Å². The molecule has 4 nitrogen and oxygen atoms in total. The lowest BCUT2D eigenvalue weighted by Crippen LogP contribution is -2.45. The van der Waals surface area contributed by atoms with Crippen LogP contribution >= 0.6 is 0 Å². The molecule has 4 heteroatoms. The van der Waals surface area contributed by atoms with E-state index in [9.17, 15) is 10.1 Å². The molecule has 1 aromatic rings. The third-order valence-corrected chi connectivity index (χ3v) is 4.68. The second-order valence-corrected chi connectivity index (χ2v) is 6.91. The molecule has 1 aliphatic rings. The number of rotatable bonds is 4. The van der Waals surface area contributed by atoms with Gasteiger partial charge in [-0.25, -0.2) is 0 Å². The van der Waals surface area contributed by atoms with E-state index in [0.717, 1.165) is 37.7 Å². The van der Waals surface area contributed by atoms with Crippen LogP contribution < -0.4 is 5.73 Å². The summed E-state index contributed by atoms with van der Waals surface area (Å²) in [5.41, 5.74) is 7.73. The van der Waals surface area contributed by atoms with Crippen LogP contribution in [0.15, 0.2) is 24.3 Å². The van der Waals surface area contributed by atoms with Gasteiger partial charge in [-0.2, -0.15) is 0 Å². The lowest BCUT2D eigenvalue weighted by molar-refractivity contribution is -0.385. The van der Waals surface area contributed by atoms with E-state index in [4.69, 9.17) is 5.73 Å². The molecule has 0 radical (unpaired) electrons. The van der Waals surface area contributed by atoms with Crippen LogP contribution in [-0.4, -0.2) is 10.5 Å². The van der Waals surface area contributed by atoms with Crippen molar-refractivity contribution >= 4 is 5.69 Å². The van der Waals surface area contributed by atoms with Crippen LogP contribution in [0.2, 0.25) is 0 Å². The van der Waals surface area contributed by atoms with Gasteiger partial charge in [0.2, 0.25) is 0 Å². The highest BCUT2D eigenvalue weighted by Gasteiger charge is 2.35. The van der Waals surface area contributed by atoms with Crippen LogP contribution in [0, 0.1) is 15.5 Å². The van der Waals surface area contributed by atoms with Gasteiger partial charge in [0.25, 0.3) is 5.69 Å². The fraction of sp³-hybridized carbons (Fsp3) is 0.625. The molecular formula is C16H24N2O2. The van der Waals surface area contributed by atoms with E-state index < -0.39 is 0 Å². The van der Waals surface area contributed by atoms with Gasteiger partial charge in [0.15, 0.2) is 0 Å². The summed E-state index contributed by atoms with van der Waals surface area (Å²) in [6.07, 6.45) is 5.82. The van der Waals surface area contributed by atoms with E-state index in [1.165, 1.54) is 0 Å². The van der Waals surface area contributed by atoms with E-state index in [1.807, 2.05) is 12.1 Å². The van der Waals surface area contributed by atoms with Crippen LogP contribution in [0.4, 0.5) is 5.69 Å². The SMILES string of the molecule is CC1(C)CCC(N)(CCc2ccccc2[N+](=O)[O-])CC1. The second kappa shape index (κ2) is 5.52. The van der Waals surface area contributed by atoms with Crippen molar-refractivity contribution in [2.75, 3.05) is 0 Å². The topological polar surface area (TPSA) is 69.2 Å². The summed E-state index contributed by atoms with van der Waals surface area (Å²) in [5, 5.41) is 11.0. The Hall–Kier alpha value is -1.42. The first-order valence-corrected chi connectivity index (χ1v) is 7.33. The van der Waals surface area contributed by atoms with E-state index >= 15 is 0 Å². The molecule has 0 spiro atoms. The van der Waals surface area contributed by atoms with Gasteiger partial charge in [0.05, 0.1) is 4.92 Å².